The Kier molecular flexibility index (Phi) is 4.93. The lowest BCUT2D eigenvalue weighted by Gasteiger charge is -2.05. The first-order chi connectivity index (χ1) is 9.15. The van der Waals surface area contributed by atoms with Crippen LogP contribution in [0.25, 0.3) is 0 Å². The molecule has 0 aliphatic heterocycles. The van der Waals surface area contributed by atoms with Gasteiger partial charge in [-0.2, -0.15) is 0 Å². The van der Waals surface area contributed by atoms with Gasteiger partial charge < -0.3 is 0 Å². The van der Waals surface area contributed by atoms with Crippen LogP contribution < -0.4 is 5.32 Å². The summed E-state index contributed by atoms with van der Waals surface area (Å²) in [6, 6.07) is 7.97. The minimum absolute atomic E-state index is 0.115. The lowest BCUT2D eigenvalue weighted by molar-refractivity contribution is -0.113. The average molecular weight is 338 g/mol. The minimum atomic E-state index is -0.115. The number of benzene rings is 1. The maximum Gasteiger partial charge on any atom is 0.237 e. The number of hydrogen-bond acceptors (Lipinski definition) is 4. The number of halogens is 1. The van der Waals surface area contributed by atoms with Gasteiger partial charge in [-0.05, 0) is 34.5 Å². The van der Waals surface area contributed by atoms with Gasteiger partial charge in [-0.25, -0.2) is 9.97 Å². The van der Waals surface area contributed by atoms with Crippen LogP contribution in [0.3, 0.4) is 0 Å². The van der Waals surface area contributed by atoms with Crippen molar-refractivity contribution >= 4 is 39.5 Å². The third-order valence-electron chi connectivity index (χ3n) is 2.32. The quantitative estimate of drug-likeness (QED) is 0.870. The normalized spacial score (nSPS) is 10.2. The van der Waals surface area contributed by atoms with Crippen molar-refractivity contribution in [2.75, 3.05) is 11.1 Å². The predicted molar refractivity (Wildman–Crippen MR) is 80.3 cm³/mol. The molecule has 4 nitrogen and oxygen atoms in total. The van der Waals surface area contributed by atoms with Crippen molar-refractivity contribution in [1.82, 2.24) is 9.97 Å². The van der Waals surface area contributed by atoms with Crippen molar-refractivity contribution in [3.63, 3.8) is 0 Å². The molecule has 1 heterocycles. The van der Waals surface area contributed by atoms with Gasteiger partial charge in [-0.3, -0.25) is 10.1 Å². The van der Waals surface area contributed by atoms with Crippen LogP contribution in [0, 0.1) is 6.92 Å². The molecular weight excluding hydrogens is 326 g/mol. The monoisotopic (exact) mass is 337 g/mol. The van der Waals surface area contributed by atoms with Crippen molar-refractivity contribution in [3.05, 3.63) is 46.7 Å². The molecule has 0 radical (unpaired) electrons. The molecule has 6 heteroatoms. The molecule has 0 aliphatic carbocycles. The molecule has 0 atom stereocenters. The Hall–Kier alpha value is -1.40. The van der Waals surface area contributed by atoms with E-state index >= 15 is 0 Å². The first-order valence-electron chi connectivity index (χ1n) is 5.61. The zero-order valence-electron chi connectivity index (χ0n) is 10.3. The summed E-state index contributed by atoms with van der Waals surface area (Å²) in [6.07, 6.45) is 3.19. The molecule has 98 valence electrons. The number of nitrogens with one attached hydrogen (secondary N) is 1. The fraction of sp³-hybridized carbons (Fsp3) is 0.154. The molecule has 1 aromatic heterocycles. The second-order valence-electron chi connectivity index (χ2n) is 3.83. The second-order valence-corrected chi connectivity index (χ2v) is 5.76. The van der Waals surface area contributed by atoms with E-state index in [1.807, 2.05) is 31.2 Å². The summed E-state index contributed by atoms with van der Waals surface area (Å²) in [6.45, 7) is 2.03. The number of hydrogen-bond donors (Lipinski definition) is 1. The van der Waals surface area contributed by atoms with Crippen molar-refractivity contribution in [1.29, 1.82) is 0 Å². The smallest absolute Gasteiger partial charge is 0.237 e. The van der Waals surface area contributed by atoms with Gasteiger partial charge in [-0.1, -0.05) is 18.2 Å². The molecule has 1 amide bonds. The minimum Gasteiger partial charge on any atom is -0.294 e. The van der Waals surface area contributed by atoms with E-state index in [-0.39, 0.29) is 5.91 Å². The highest BCUT2D eigenvalue weighted by Crippen LogP contribution is 2.21. The number of nitrogens with zero attached hydrogens (tertiary/aromatic N) is 2. The summed E-state index contributed by atoms with van der Waals surface area (Å²) in [5.74, 6) is 0.541. The Labute approximate surface area is 124 Å². The molecule has 2 rings (SSSR count). The van der Waals surface area contributed by atoms with Gasteiger partial charge in [0.05, 0.1) is 10.2 Å². The average Bonchev–Trinajstić information content (AvgIpc) is 2.40. The van der Waals surface area contributed by atoms with E-state index in [0.717, 1.165) is 9.37 Å². The third-order valence-corrected chi connectivity index (χ3v) is 3.91. The van der Waals surface area contributed by atoms with Crippen molar-refractivity contribution in [2.24, 2.45) is 0 Å². The van der Waals surface area contributed by atoms with Crippen molar-refractivity contribution < 1.29 is 4.79 Å². The summed E-state index contributed by atoms with van der Waals surface area (Å²) in [5.41, 5.74) is 1.17. The summed E-state index contributed by atoms with van der Waals surface area (Å²) >= 11 is 4.74. The van der Waals surface area contributed by atoms with Gasteiger partial charge in [0.2, 0.25) is 11.9 Å². The Morgan fingerprint density at radius 2 is 2.00 bits per heavy atom. The Morgan fingerprint density at radius 3 is 2.68 bits per heavy atom. The highest BCUT2D eigenvalue weighted by Gasteiger charge is 2.06. The Balaban J connectivity index is 1.88. The van der Waals surface area contributed by atoms with Gasteiger partial charge >= 0.3 is 0 Å². The second kappa shape index (κ2) is 6.68. The van der Waals surface area contributed by atoms with Crippen molar-refractivity contribution in [2.45, 2.75) is 11.8 Å². The first-order valence-corrected chi connectivity index (χ1v) is 7.39. The molecule has 19 heavy (non-hydrogen) atoms. The van der Waals surface area contributed by atoms with Gasteiger partial charge in [0.15, 0.2) is 0 Å². The van der Waals surface area contributed by atoms with Gasteiger partial charge in [0.1, 0.15) is 0 Å². The fourth-order valence-corrected chi connectivity index (χ4v) is 2.43. The lowest BCUT2D eigenvalue weighted by atomic mass is 10.2. The zero-order valence-corrected chi connectivity index (χ0v) is 12.7. The van der Waals surface area contributed by atoms with E-state index in [0.29, 0.717) is 11.7 Å². The van der Waals surface area contributed by atoms with Crippen LogP contribution in [-0.4, -0.2) is 21.6 Å². The van der Waals surface area contributed by atoms with E-state index < -0.39 is 0 Å². The van der Waals surface area contributed by atoms with Crippen LogP contribution in [-0.2, 0) is 4.79 Å². The van der Waals surface area contributed by atoms with E-state index in [4.69, 9.17) is 0 Å². The molecule has 2 aromatic rings. The van der Waals surface area contributed by atoms with E-state index in [2.05, 4.69) is 31.2 Å². The molecule has 0 saturated heterocycles. The number of anilines is 1. The summed E-state index contributed by atoms with van der Waals surface area (Å²) in [5, 5.41) is 2.66. The number of amides is 1. The van der Waals surface area contributed by atoms with E-state index in [9.17, 15) is 4.79 Å². The van der Waals surface area contributed by atoms with Crippen LogP contribution in [0.1, 0.15) is 5.56 Å². The third kappa shape index (κ3) is 4.33. The number of rotatable bonds is 4. The zero-order chi connectivity index (χ0) is 13.7. The molecule has 0 spiro atoms. The van der Waals surface area contributed by atoms with Crippen LogP contribution in [0.5, 0.6) is 0 Å². The number of carbonyl (C=O) groups is 1. The molecule has 0 saturated carbocycles. The largest absolute Gasteiger partial charge is 0.294 e. The molecule has 1 aromatic carbocycles. The Bertz CT molecular complexity index is 574. The SMILES string of the molecule is Cc1ccccc1SCC(=O)Nc1ncc(Br)cn1. The maximum atomic E-state index is 11.8. The summed E-state index contributed by atoms with van der Waals surface area (Å²) in [7, 11) is 0. The summed E-state index contributed by atoms with van der Waals surface area (Å²) < 4.78 is 0.778. The molecule has 0 aliphatic rings. The number of aryl methyl sites for hydroxylation is 1. The number of aromatic nitrogens is 2. The molecule has 1 N–H and O–H groups in total. The summed E-state index contributed by atoms with van der Waals surface area (Å²) in [4.78, 5) is 20.8. The first kappa shape index (κ1) is 14.0. The predicted octanol–water partition coefficient (Wildman–Crippen LogP) is 3.28. The van der Waals surface area contributed by atoms with Crippen LogP contribution >= 0.6 is 27.7 Å². The standard InChI is InChI=1S/C13H12BrN3OS/c1-9-4-2-3-5-11(9)19-8-12(18)17-13-15-6-10(14)7-16-13/h2-7H,8H2,1H3,(H,15,16,17,18). The molecule has 0 unspecified atom stereocenters. The maximum absolute atomic E-state index is 11.8. The Morgan fingerprint density at radius 1 is 1.32 bits per heavy atom. The highest BCUT2D eigenvalue weighted by molar-refractivity contribution is 9.10. The van der Waals surface area contributed by atoms with Gasteiger partial charge in [-0.15, -0.1) is 11.8 Å². The highest BCUT2D eigenvalue weighted by atomic mass is 79.9. The number of thioether (sulfide) groups is 1. The van der Waals surface area contributed by atoms with Crippen LogP contribution in [0.4, 0.5) is 5.95 Å². The topological polar surface area (TPSA) is 54.9 Å². The van der Waals surface area contributed by atoms with Crippen LogP contribution in [0.2, 0.25) is 0 Å². The molecule has 0 bridgehead atoms. The van der Waals surface area contributed by atoms with Crippen LogP contribution in [0.15, 0.2) is 46.0 Å². The molecule has 0 fully saturated rings. The van der Waals surface area contributed by atoms with E-state index in [1.54, 1.807) is 12.4 Å². The van der Waals surface area contributed by atoms with Crippen molar-refractivity contribution in [3.8, 4) is 0 Å². The number of carbonyl (C=O) groups excluding carboxylic acids is 1. The fourth-order valence-electron chi connectivity index (χ4n) is 1.40. The lowest BCUT2D eigenvalue weighted by Crippen LogP contribution is -2.16. The van der Waals surface area contributed by atoms with E-state index in [1.165, 1.54) is 17.3 Å². The van der Waals surface area contributed by atoms with Gasteiger partial charge in [0, 0.05) is 17.3 Å². The van der Waals surface area contributed by atoms with Gasteiger partial charge in [0.25, 0.3) is 0 Å². The molecular formula is C13H12BrN3OS.